The number of halogens is 3. The van der Waals surface area contributed by atoms with E-state index in [-0.39, 0.29) is 11.9 Å². The van der Waals surface area contributed by atoms with Crippen LogP contribution in [0.2, 0.25) is 10.0 Å². The van der Waals surface area contributed by atoms with Gasteiger partial charge in [0.1, 0.15) is 5.82 Å². The molecule has 0 radical (unpaired) electrons. The molecular formula is C14H12Cl2FN. The minimum Gasteiger partial charge on any atom is -0.309 e. The van der Waals surface area contributed by atoms with Crippen molar-refractivity contribution >= 4 is 23.2 Å². The van der Waals surface area contributed by atoms with Gasteiger partial charge in [-0.1, -0.05) is 35.3 Å². The molecule has 0 aliphatic carbocycles. The van der Waals surface area contributed by atoms with Crippen LogP contribution in [0, 0.1) is 5.82 Å². The van der Waals surface area contributed by atoms with Gasteiger partial charge in [-0.3, -0.25) is 0 Å². The first-order chi connectivity index (χ1) is 8.60. The van der Waals surface area contributed by atoms with Gasteiger partial charge in [-0.15, -0.1) is 0 Å². The second-order valence-electron chi connectivity index (χ2n) is 3.98. The summed E-state index contributed by atoms with van der Waals surface area (Å²) >= 11 is 12.0. The van der Waals surface area contributed by atoms with Gasteiger partial charge in [0.15, 0.2) is 0 Å². The molecule has 4 heteroatoms. The first kappa shape index (κ1) is 13.3. The molecule has 0 saturated carbocycles. The molecule has 1 nitrogen and oxygen atoms in total. The lowest BCUT2D eigenvalue weighted by atomic mass is 9.99. The standard InChI is InChI=1S/C14H12Cl2FN/c1-18-14(9-2-4-13(17)5-3-9)10-6-11(15)8-12(16)7-10/h2-8,14,18H,1H3. The van der Waals surface area contributed by atoms with Gasteiger partial charge in [-0.25, -0.2) is 4.39 Å². The zero-order chi connectivity index (χ0) is 13.1. The molecule has 0 fully saturated rings. The molecule has 2 aromatic rings. The van der Waals surface area contributed by atoms with Crippen LogP contribution in [0.3, 0.4) is 0 Å². The summed E-state index contributed by atoms with van der Waals surface area (Å²) in [5.74, 6) is -0.252. The minimum atomic E-state index is -0.252. The molecule has 1 unspecified atom stereocenters. The van der Waals surface area contributed by atoms with Crippen molar-refractivity contribution in [1.29, 1.82) is 0 Å². The fraction of sp³-hybridized carbons (Fsp3) is 0.143. The Bertz CT molecular complexity index is 520. The van der Waals surface area contributed by atoms with E-state index >= 15 is 0 Å². The average Bonchev–Trinajstić information content (AvgIpc) is 2.31. The van der Waals surface area contributed by atoms with Crippen molar-refractivity contribution in [2.24, 2.45) is 0 Å². The van der Waals surface area contributed by atoms with Crippen LogP contribution < -0.4 is 5.32 Å². The molecule has 0 heterocycles. The third-order valence-electron chi connectivity index (χ3n) is 2.71. The van der Waals surface area contributed by atoms with E-state index in [9.17, 15) is 4.39 Å². The summed E-state index contributed by atoms with van der Waals surface area (Å²) in [5.41, 5.74) is 1.90. The lowest BCUT2D eigenvalue weighted by Crippen LogP contribution is -2.17. The second kappa shape index (κ2) is 5.70. The highest BCUT2D eigenvalue weighted by molar-refractivity contribution is 6.34. The molecule has 0 aromatic heterocycles. The molecular weight excluding hydrogens is 272 g/mol. The van der Waals surface area contributed by atoms with E-state index in [1.807, 2.05) is 19.2 Å². The highest BCUT2D eigenvalue weighted by atomic mass is 35.5. The molecule has 0 spiro atoms. The predicted molar refractivity (Wildman–Crippen MR) is 73.8 cm³/mol. The largest absolute Gasteiger partial charge is 0.309 e. The van der Waals surface area contributed by atoms with Crippen LogP contribution in [0.4, 0.5) is 4.39 Å². The summed E-state index contributed by atoms with van der Waals surface area (Å²) < 4.78 is 12.9. The number of benzene rings is 2. The first-order valence-corrected chi connectivity index (χ1v) is 6.24. The third kappa shape index (κ3) is 3.02. The van der Waals surface area contributed by atoms with E-state index in [0.29, 0.717) is 10.0 Å². The predicted octanol–water partition coefficient (Wildman–Crippen LogP) is 4.44. The van der Waals surface area contributed by atoms with Crippen molar-refractivity contribution in [1.82, 2.24) is 5.32 Å². The number of hydrogen-bond donors (Lipinski definition) is 1. The van der Waals surface area contributed by atoms with Gasteiger partial charge in [0.25, 0.3) is 0 Å². The molecule has 94 valence electrons. The number of nitrogens with one attached hydrogen (secondary N) is 1. The van der Waals surface area contributed by atoms with Gasteiger partial charge < -0.3 is 5.32 Å². The average molecular weight is 284 g/mol. The van der Waals surface area contributed by atoms with Crippen LogP contribution in [0.15, 0.2) is 42.5 Å². The van der Waals surface area contributed by atoms with Crippen molar-refractivity contribution < 1.29 is 4.39 Å². The summed E-state index contributed by atoms with van der Waals surface area (Å²) in [6, 6.07) is 11.7. The van der Waals surface area contributed by atoms with Crippen molar-refractivity contribution in [3.05, 3.63) is 69.5 Å². The summed E-state index contributed by atoms with van der Waals surface area (Å²) in [4.78, 5) is 0. The lowest BCUT2D eigenvalue weighted by molar-refractivity contribution is 0.623. The first-order valence-electron chi connectivity index (χ1n) is 5.49. The van der Waals surface area contributed by atoms with E-state index in [1.165, 1.54) is 12.1 Å². The molecule has 0 bridgehead atoms. The Labute approximate surface area is 116 Å². The van der Waals surface area contributed by atoms with Crippen LogP contribution in [0.25, 0.3) is 0 Å². The maximum atomic E-state index is 12.9. The van der Waals surface area contributed by atoms with Crippen molar-refractivity contribution in [3.63, 3.8) is 0 Å². The van der Waals surface area contributed by atoms with E-state index in [0.717, 1.165) is 11.1 Å². The molecule has 2 rings (SSSR count). The highest BCUT2D eigenvalue weighted by Crippen LogP contribution is 2.27. The molecule has 1 atom stereocenters. The summed E-state index contributed by atoms with van der Waals surface area (Å²) in [6.07, 6.45) is 0. The molecule has 18 heavy (non-hydrogen) atoms. The van der Waals surface area contributed by atoms with Gasteiger partial charge in [0.05, 0.1) is 6.04 Å². The normalized spacial score (nSPS) is 12.4. The van der Waals surface area contributed by atoms with Crippen LogP contribution >= 0.6 is 23.2 Å². The van der Waals surface area contributed by atoms with Crippen LogP contribution in [-0.2, 0) is 0 Å². The lowest BCUT2D eigenvalue weighted by Gasteiger charge is -2.18. The Hall–Kier alpha value is -1.09. The van der Waals surface area contributed by atoms with E-state index in [2.05, 4.69) is 5.32 Å². The molecule has 0 aliphatic heterocycles. The zero-order valence-corrected chi connectivity index (χ0v) is 11.3. The molecule has 2 aromatic carbocycles. The fourth-order valence-electron chi connectivity index (χ4n) is 1.92. The van der Waals surface area contributed by atoms with Gasteiger partial charge in [0, 0.05) is 10.0 Å². The van der Waals surface area contributed by atoms with E-state index < -0.39 is 0 Å². The van der Waals surface area contributed by atoms with Crippen LogP contribution in [0.5, 0.6) is 0 Å². The Balaban J connectivity index is 2.41. The fourth-order valence-corrected chi connectivity index (χ4v) is 2.47. The van der Waals surface area contributed by atoms with Crippen LogP contribution in [0.1, 0.15) is 17.2 Å². The summed E-state index contributed by atoms with van der Waals surface area (Å²) in [6.45, 7) is 0. The van der Waals surface area contributed by atoms with Crippen molar-refractivity contribution in [2.75, 3.05) is 7.05 Å². The van der Waals surface area contributed by atoms with Gasteiger partial charge in [0.2, 0.25) is 0 Å². The number of rotatable bonds is 3. The topological polar surface area (TPSA) is 12.0 Å². The van der Waals surface area contributed by atoms with Crippen molar-refractivity contribution in [3.8, 4) is 0 Å². The Morgan fingerprint density at radius 3 is 2.00 bits per heavy atom. The smallest absolute Gasteiger partial charge is 0.123 e. The zero-order valence-electron chi connectivity index (χ0n) is 9.75. The molecule has 0 saturated heterocycles. The molecule has 0 amide bonds. The van der Waals surface area contributed by atoms with E-state index in [1.54, 1.807) is 18.2 Å². The summed E-state index contributed by atoms with van der Waals surface area (Å²) in [7, 11) is 1.84. The molecule has 1 N–H and O–H groups in total. The Morgan fingerprint density at radius 1 is 0.944 bits per heavy atom. The number of hydrogen-bond acceptors (Lipinski definition) is 1. The maximum absolute atomic E-state index is 12.9. The maximum Gasteiger partial charge on any atom is 0.123 e. The third-order valence-corrected chi connectivity index (χ3v) is 3.15. The Kier molecular flexibility index (Phi) is 4.23. The van der Waals surface area contributed by atoms with E-state index in [4.69, 9.17) is 23.2 Å². The van der Waals surface area contributed by atoms with Crippen molar-refractivity contribution in [2.45, 2.75) is 6.04 Å². The monoisotopic (exact) mass is 283 g/mol. The van der Waals surface area contributed by atoms with Crippen LogP contribution in [-0.4, -0.2) is 7.05 Å². The van der Waals surface area contributed by atoms with Gasteiger partial charge in [-0.2, -0.15) is 0 Å². The van der Waals surface area contributed by atoms with Gasteiger partial charge in [-0.05, 0) is 48.5 Å². The summed E-state index contributed by atoms with van der Waals surface area (Å²) in [5, 5.41) is 4.34. The molecule has 0 aliphatic rings. The quantitative estimate of drug-likeness (QED) is 0.878. The van der Waals surface area contributed by atoms with Gasteiger partial charge >= 0.3 is 0 Å². The second-order valence-corrected chi connectivity index (χ2v) is 4.85. The SMILES string of the molecule is CNC(c1ccc(F)cc1)c1cc(Cl)cc(Cl)c1. The Morgan fingerprint density at radius 2 is 1.50 bits per heavy atom. The highest BCUT2D eigenvalue weighted by Gasteiger charge is 2.13. The minimum absolute atomic E-state index is 0.0678.